The summed E-state index contributed by atoms with van der Waals surface area (Å²) < 4.78 is 15.2. The molecule has 0 bridgehead atoms. The van der Waals surface area contributed by atoms with Crippen molar-refractivity contribution in [3.63, 3.8) is 0 Å². The number of amides is 2. The number of hydrogen-bond donors (Lipinski definition) is 0. The van der Waals surface area contributed by atoms with E-state index < -0.39 is 24.9 Å². The average molecular weight is 389 g/mol. The standard InChI is InChI=1S/C20H23NO7/c1-26-12-7-8-15(17(9-12)27-2)16(22)11-28-18(23)10-21-19(24)13-5-3-4-6-14(13)20(21)25/h7-9,13-14H,3-6,10-11H2,1-2H3/t13-,14-/m0/s1. The van der Waals surface area contributed by atoms with Crippen molar-refractivity contribution in [1.82, 2.24) is 4.90 Å². The second-order valence-corrected chi connectivity index (χ2v) is 6.91. The van der Waals surface area contributed by atoms with Crippen LogP contribution in [0.1, 0.15) is 36.0 Å². The number of esters is 1. The predicted molar refractivity (Wildman–Crippen MR) is 97.0 cm³/mol. The molecule has 1 aromatic rings. The molecule has 1 aliphatic carbocycles. The van der Waals surface area contributed by atoms with E-state index in [-0.39, 0.29) is 29.2 Å². The smallest absolute Gasteiger partial charge is 0.326 e. The van der Waals surface area contributed by atoms with Gasteiger partial charge in [0.1, 0.15) is 18.0 Å². The maximum atomic E-state index is 12.4. The number of likely N-dealkylation sites (tertiary alicyclic amines) is 1. The maximum Gasteiger partial charge on any atom is 0.326 e. The van der Waals surface area contributed by atoms with E-state index >= 15 is 0 Å². The molecule has 8 nitrogen and oxygen atoms in total. The van der Waals surface area contributed by atoms with Crippen LogP contribution >= 0.6 is 0 Å². The highest BCUT2D eigenvalue weighted by atomic mass is 16.5. The van der Waals surface area contributed by atoms with E-state index in [1.54, 1.807) is 12.1 Å². The number of benzene rings is 1. The van der Waals surface area contributed by atoms with Crippen molar-refractivity contribution in [2.75, 3.05) is 27.4 Å². The molecule has 28 heavy (non-hydrogen) atoms. The van der Waals surface area contributed by atoms with Gasteiger partial charge in [-0.25, -0.2) is 0 Å². The minimum atomic E-state index is -0.791. The molecule has 1 saturated heterocycles. The van der Waals surface area contributed by atoms with Crippen LogP contribution in [0.5, 0.6) is 11.5 Å². The summed E-state index contributed by atoms with van der Waals surface area (Å²) in [5, 5.41) is 0. The molecule has 1 aliphatic heterocycles. The Balaban J connectivity index is 1.58. The molecule has 2 fully saturated rings. The first-order chi connectivity index (χ1) is 13.5. The number of Topliss-reactive ketones (excluding diaryl/α,β-unsaturated/α-hetero) is 1. The molecule has 150 valence electrons. The molecule has 0 aromatic heterocycles. The van der Waals surface area contributed by atoms with E-state index in [2.05, 4.69) is 0 Å². The monoisotopic (exact) mass is 389 g/mol. The predicted octanol–water partition coefficient (Wildman–Crippen LogP) is 1.60. The quantitative estimate of drug-likeness (QED) is 0.397. The SMILES string of the molecule is COc1ccc(C(=O)COC(=O)CN2C(=O)[C@H]3CCCC[C@@H]3C2=O)c(OC)c1. The highest BCUT2D eigenvalue weighted by molar-refractivity contribution is 6.07. The Morgan fingerprint density at radius 1 is 1.04 bits per heavy atom. The highest BCUT2D eigenvalue weighted by Crippen LogP contribution is 2.37. The number of imide groups is 1. The van der Waals surface area contributed by atoms with Crippen LogP contribution in [0.2, 0.25) is 0 Å². The summed E-state index contributed by atoms with van der Waals surface area (Å²) in [6.07, 6.45) is 3.18. The Morgan fingerprint density at radius 2 is 1.68 bits per heavy atom. The number of carbonyl (C=O) groups is 4. The number of nitrogens with zero attached hydrogens (tertiary/aromatic N) is 1. The third kappa shape index (κ3) is 3.85. The molecule has 2 atom stereocenters. The van der Waals surface area contributed by atoms with Crippen LogP contribution in [0.15, 0.2) is 18.2 Å². The number of carbonyl (C=O) groups excluding carboxylic acids is 4. The van der Waals surface area contributed by atoms with Crippen molar-refractivity contribution >= 4 is 23.6 Å². The molecule has 3 rings (SSSR count). The van der Waals surface area contributed by atoms with Gasteiger partial charge in [-0.05, 0) is 25.0 Å². The fourth-order valence-corrected chi connectivity index (χ4v) is 3.81. The van der Waals surface area contributed by atoms with Gasteiger partial charge in [0.15, 0.2) is 6.61 Å². The summed E-state index contributed by atoms with van der Waals surface area (Å²) in [6, 6.07) is 4.67. The van der Waals surface area contributed by atoms with Crippen molar-refractivity contribution in [2.45, 2.75) is 25.7 Å². The van der Waals surface area contributed by atoms with Crippen molar-refractivity contribution in [1.29, 1.82) is 0 Å². The molecule has 0 unspecified atom stereocenters. The van der Waals surface area contributed by atoms with E-state index in [1.807, 2.05) is 0 Å². The van der Waals surface area contributed by atoms with Gasteiger partial charge in [-0.2, -0.15) is 0 Å². The zero-order valence-electron chi connectivity index (χ0n) is 15.9. The van der Waals surface area contributed by atoms with Gasteiger partial charge in [-0.1, -0.05) is 12.8 Å². The molecular formula is C20H23NO7. The first-order valence-corrected chi connectivity index (χ1v) is 9.22. The van der Waals surface area contributed by atoms with Crippen LogP contribution in [-0.2, 0) is 19.1 Å². The highest BCUT2D eigenvalue weighted by Gasteiger charge is 2.48. The van der Waals surface area contributed by atoms with Gasteiger partial charge in [0.05, 0.1) is 31.6 Å². The fourth-order valence-electron chi connectivity index (χ4n) is 3.81. The lowest BCUT2D eigenvalue weighted by atomic mass is 9.81. The summed E-state index contributed by atoms with van der Waals surface area (Å²) in [5.74, 6) is -1.68. The number of ketones is 1. The summed E-state index contributed by atoms with van der Waals surface area (Å²) in [5.41, 5.74) is 0.246. The Labute approximate surface area is 162 Å². The van der Waals surface area contributed by atoms with Crippen LogP contribution in [0.4, 0.5) is 0 Å². The average Bonchev–Trinajstić information content (AvgIpc) is 2.96. The lowest BCUT2D eigenvalue weighted by Crippen LogP contribution is -2.37. The zero-order chi connectivity index (χ0) is 20.3. The van der Waals surface area contributed by atoms with Crippen LogP contribution in [-0.4, -0.2) is 55.8 Å². The van der Waals surface area contributed by atoms with Gasteiger partial charge in [-0.15, -0.1) is 0 Å². The zero-order valence-corrected chi connectivity index (χ0v) is 15.9. The Hall–Kier alpha value is -2.90. The molecule has 1 heterocycles. The molecule has 8 heteroatoms. The van der Waals surface area contributed by atoms with E-state index in [9.17, 15) is 19.2 Å². The molecule has 0 spiro atoms. The Kier molecular flexibility index (Phi) is 5.96. The Bertz CT molecular complexity index is 780. The summed E-state index contributed by atoms with van der Waals surface area (Å²) in [6.45, 7) is -0.970. The number of fused-ring (bicyclic) bond motifs is 1. The second-order valence-electron chi connectivity index (χ2n) is 6.91. The van der Waals surface area contributed by atoms with Gasteiger partial charge in [0.25, 0.3) is 0 Å². The van der Waals surface area contributed by atoms with E-state index in [4.69, 9.17) is 14.2 Å². The number of rotatable bonds is 7. The van der Waals surface area contributed by atoms with Gasteiger partial charge < -0.3 is 14.2 Å². The summed E-state index contributed by atoms with van der Waals surface area (Å²) in [4.78, 5) is 50.2. The van der Waals surface area contributed by atoms with Crippen LogP contribution in [0.3, 0.4) is 0 Å². The van der Waals surface area contributed by atoms with Gasteiger partial charge in [0, 0.05) is 6.07 Å². The minimum absolute atomic E-state index is 0.246. The normalized spacial score (nSPS) is 21.3. The molecule has 0 radical (unpaired) electrons. The van der Waals surface area contributed by atoms with E-state index in [0.717, 1.165) is 17.7 Å². The van der Waals surface area contributed by atoms with Gasteiger partial charge in [-0.3, -0.25) is 24.1 Å². The third-order valence-electron chi connectivity index (χ3n) is 5.29. The first kappa shape index (κ1) is 19.9. The van der Waals surface area contributed by atoms with Crippen LogP contribution < -0.4 is 9.47 Å². The molecule has 1 saturated carbocycles. The van der Waals surface area contributed by atoms with E-state index in [1.165, 1.54) is 20.3 Å². The number of ether oxygens (including phenoxy) is 3. The first-order valence-electron chi connectivity index (χ1n) is 9.22. The summed E-state index contributed by atoms with van der Waals surface area (Å²) in [7, 11) is 2.91. The van der Waals surface area contributed by atoms with Crippen molar-refractivity contribution < 1.29 is 33.4 Å². The number of methoxy groups -OCH3 is 2. The lowest BCUT2D eigenvalue weighted by molar-refractivity contribution is -0.152. The molecule has 0 N–H and O–H groups in total. The maximum absolute atomic E-state index is 12.4. The summed E-state index contributed by atoms with van der Waals surface area (Å²) >= 11 is 0. The van der Waals surface area contributed by atoms with E-state index in [0.29, 0.717) is 24.3 Å². The molecule has 1 aromatic carbocycles. The largest absolute Gasteiger partial charge is 0.497 e. The third-order valence-corrected chi connectivity index (χ3v) is 5.29. The Morgan fingerprint density at radius 3 is 2.25 bits per heavy atom. The minimum Gasteiger partial charge on any atom is -0.497 e. The second kappa shape index (κ2) is 8.41. The van der Waals surface area contributed by atoms with Crippen LogP contribution in [0.25, 0.3) is 0 Å². The molecular weight excluding hydrogens is 366 g/mol. The topological polar surface area (TPSA) is 99.2 Å². The van der Waals surface area contributed by atoms with Crippen LogP contribution in [0, 0.1) is 11.8 Å². The van der Waals surface area contributed by atoms with Crippen molar-refractivity contribution in [2.24, 2.45) is 11.8 Å². The number of hydrogen-bond acceptors (Lipinski definition) is 7. The van der Waals surface area contributed by atoms with Crippen molar-refractivity contribution in [3.8, 4) is 11.5 Å². The lowest BCUT2D eigenvalue weighted by Gasteiger charge is -2.19. The van der Waals surface area contributed by atoms with Gasteiger partial charge >= 0.3 is 5.97 Å². The fraction of sp³-hybridized carbons (Fsp3) is 0.500. The molecule has 2 aliphatic rings. The van der Waals surface area contributed by atoms with Crippen molar-refractivity contribution in [3.05, 3.63) is 23.8 Å². The van der Waals surface area contributed by atoms with Gasteiger partial charge in [0.2, 0.25) is 17.6 Å². The molecule has 2 amide bonds.